The van der Waals surface area contributed by atoms with Gasteiger partial charge in [0, 0.05) is 24.7 Å². The van der Waals surface area contributed by atoms with E-state index in [0.29, 0.717) is 19.3 Å². The topological polar surface area (TPSA) is 317 Å². The summed E-state index contributed by atoms with van der Waals surface area (Å²) in [6, 6.07) is 0. The number of rotatable bonds is 25. The predicted molar refractivity (Wildman–Crippen MR) is 261 cm³/mol. The third-order valence-corrected chi connectivity index (χ3v) is 13.3. The molecule has 1 unspecified atom stereocenters. The van der Waals surface area contributed by atoms with Gasteiger partial charge in [0.25, 0.3) is 0 Å². The molecule has 0 aromatic rings. The SMILES string of the molecule is CCCCC/C=C\C/C=C\C/C=C\C/C=C\CCCCCC(=O)O[C@@H]1COC(=O)C/C=C\C[C@H]2[C@@H](O)[C@H](O)[C@@H](O)[C@H](OP(=O)(O)OC1)[C@H](OP(=O)(O)O)[C@H](O)[C@@H](/C=C/[C@H](O)CCCCC)[C@H](O)C[C@@H]2O. The summed E-state index contributed by atoms with van der Waals surface area (Å²) in [5, 5.41) is 79.4. The highest BCUT2D eigenvalue weighted by molar-refractivity contribution is 7.47. The average Bonchev–Trinajstić information content (AvgIpc) is 3.30. The first-order valence-electron chi connectivity index (χ1n) is 24.7. The van der Waals surface area contributed by atoms with E-state index >= 15 is 0 Å². The molecule has 0 aromatic carbocycles. The molecule has 2 rings (SSSR count). The summed E-state index contributed by atoms with van der Waals surface area (Å²) >= 11 is 0. The number of cyclic esters (lactones) is 1. The zero-order valence-electron chi connectivity index (χ0n) is 40.7. The van der Waals surface area contributed by atoms with Crippen LogP contribution < -0.4 is 0 Å². The lowest BCUT2D eigenvalue weighted by Crippen LogP contribution is -2.56. The van der Waals surface area contributed by atoms with Gasteiger partial charge in [0.15, 0.2) is 6.10 Å². The van der Waals surface area contributed by atoms with Crippen LogP contribution in [0, 0.1) is 11.8 Å². The quantitative estimate of drug-likeness (QED) is 0.0217. The molecule has 2 bridgehead atoms. The fourth-order valence-electron chi connectivity index (χ4n) is 7.86. The second-order valence-electron chi connectivity index (χ2n) is 17.8. The number of hydrogen-bond acceptors (Lipinski definition) is 16. The zero-order valence-corrected chi connectivity index (χ0v) is 42.5. The Bertz CT molecular complexity index is 1750. The van der Waals surface area contributed by atoms with Crippen LogP contribution in [0.15, 0.2) is 72.9 Å². The van der Waals surface area contributed by atoms with Crippen LogP contribution in [0.5, 0.6) is 0 Å². The van der Waals surface area contributed by atoms with Gasteiger partial charge in [0.2, 0.25) is 0 Å². The Labute approximate surface area is 413 Å². The van der Waals surface area contributed by atoms with Crippen molar-refractivity contribution in [1.29, 1.82) is 0 Å². The van der Waals surface area contributed by atoms with Crippen molar-refractivity contribution in [3.63, 3.8) is 0 Å². The molecule has 1 aliphatic carbocycles. The molecule has 2 aliphatic rings. The summed E-state index contributed by atoms with van der Waals surface area (Å²) in [5.41, 5.74) is 0. The first-order chi connectivity index (χ1) is 33.3. The van der Waals surface area contributed by atoms with Gasteiger partial charge in [-0.05, 0) is 64.2 Å². The molecule has 1 saturated carbocycles. The highest BCUT2D eigenvalue weighted by atomic mass is 31.2. The number of phosphoric acid groups is 2. The first kappa shape index (κ1) is 63.4. The van der Waals surface area contributed by atoms with E-state index in [1.165, 1.54) is 37.5 Å². The Balaban J connectivity index is 2.24. The van der Waals surface area contributed by atoms with Crippen LogP contribution in [0.25, 0.3) is 0 Å². The van der Waals surface area contributed by atoms with E-state index in [-0.39, 0.29) is 19.3 Å². The molecular weight excluding hydrogens is 954 g/mol. The summed E-state index contributed by atoms with van der Waals surface area (Å²) in [6.07, 6.45) is 11.7. The van der Waals surface area contributed by atoms with Gasteiger partial charge in [-0.1, -0.05) is 125 Å². The van der Waals surface area contributed by atoms with Crippen molar-refractivity contribution in [3.05, 3.63) is 72.9 Å². The van der Waals surface area contributed by atoms with Gasteiger partial charge < -0.3 is 59.9 Å². The van der Waals surface area contributed by atoms with E-state index in [9.17, 15) is 69.1 Å². The average molecular weight is 1040 g/mol. The van der Waals surface area contributed by atoms with Crippen molar-refractivity contribution in [2.45, 2.75) is 197 Å². The number of carbonyl (C=O) groups is 2. The number of allylic oxidation sites excluding steroid dienone is 9. The number of carbonyl (C=O) groups excluding carboxylic acids is 2. The fraction of sp³-hybridized carbons (Fsp3) is 0.714. The smallest absolute Gasteiger partial charge is 0.461 e. The second kappa shape index (κ2) is 35.5. The van der Waals surface area contributed by atoms with E-state index in [1.807, 2.05) is 6.92 Å². The van der Waals surface area contributed by atoms with Gasteiger partial charge in [0.05, 0.1) is 43.5 Å². The molecule has 0 spiro atoms. The molecule has 402 valence electrons. The normalized spacial score (nSPS) is 31.4. The summed E-state index contributed by atoms with van der Waals surface area (Å²) in [6.45, 7) is 2.47. The lowest BCUT2D eigenvalue weighted by molar-refractivity contribution is -0.165. The Kier molecular flexibility index (Phi) is 32.1. The monoisotopic (exact) mass is 1040 g/mol. The molecule has 1 fully saturated rings. The van der Waals surface area contributed by atoms with Gasteiger partial charge in [-0.15, -0.1) is 0 Å². The Morgan fingerprint density at radius 1 is 0.786 bits per heavy atom. The Morgan fingerprint density at radius 2 is 1.39 bits per heavy atom. The van der Waals surface area contributed by atoms with Crippen LogP contribution in [0.2, 0.25) is 0 Å². The van der Waals surface area contributed by atoms with Crippen LogP contribution >= 0.6 is 15.6 Å². The third kappa shape index (κ3) is 26.9. The third-order valence-electron chi connectivity index (χ3n) is 11.8. The minimum absolute atomic E-state index is 0.0763. The van der Waals surface area contributed by atoms with Crippen LogP contribution in [-0.2, 0) is 41.8 Å². The van der Waals surface area contributed by atoms with Crippen molar-refractivity contribution in [1.82, 2.24) is 0 Å². The van der Waals surface area contributed by atoms with Gasteiger partial charge in [-0.3, -0.25) is 23.2 Å². The molecule has 0 radical (unpaired) electrons. The standard InChI is InChI=1S/C49H82O19P2/c1-3-5-7-8-9-10-11-12-13-14-15-16-17-18-19-20-21-22-24-30-43(54)66-37-34-64-42(53)29-26-25-28-38-40(51)33-41(52)39(32-31-36(50)27-23-6-4-2)45(56)48(67-69(59,60)61)49(47(58)46(57)44(38)55)68-70(62,63)65-35-37/h9-10,12-13,15-16,18-19,25-26,31-32,36-41,44-52,55-58H,3-8,11,14,17,20-24,27-30,33-35H2,1-2H3,(H,62,63)(H2,59,60,61)/b10-9-,13-12-,16-15-,19-18-,26-25-,32-31+/t36-,37-,38-,39+,40+,41-,44-,45-,46+,47-,48-,49+/m1/s1. The number of ether oxygens (including phenoxy) is 2. The minimum Gasteiger partial charge on any atom is -0.461 e. The number of esters is 2. The molecule has 0 amide bonds. The highest BCUT2D eigenvalue weighted by Gasteiger charge is 2.51. The van der Waals surface area contributed by atoms with E-state index < -0.39 is 127 Å². The molecule has 21 heteroatoms. The van der Waals surface area contributed by atoms with Crippen molar-refractivity contribution in [3.8, 4) is 0 Å². The Hall–Kier alpha value is -2.68. The van der Waals surface area contributed by atoms with E-state index in [0.717, 1.165) is 57.4 Å². The lowest BCUT2D eigenvalue weighted by Gasteiger charge is -2.38. The highest BCUT2D eigenvalue weighted by Crippen LogP contribution is 2.50. The largest absolute Gasteiger partial charge is 0.472 e. The molecule has 70 heavy (non-hydrogen) atoms. The predicted octanol–water partition coefficient (Wildman–Crippen LogP) is 6.00. The van der Waals surface area contributed by atoms with Crippen molar-refractivity contribution in [2.24, 2.45) is 11.8 Å². The van der Waals surface area contributed by atoms with Crippen molar-refractivity contribution >= 4 is 27.6 Å². The lowest BCUT2D eigenvalue weighted by atomic mass is 9.83. The number of phosphoric ester groups is 2. The summed E-state index contributed by atoms with van der Waals surface area (Å²) in [4.78, 5) is 56.7. The summed E-state index contributed by atoms with van der Waals surface area (Å²) < 4.78 is 51.9. The van der Waals surface area contributed by atoms with Gasteiger partial charge >= 0.3 is 27.6 Å². The minimum atomic E-state index is -5.77. The summed E-state index contributed by atoms with van der Waals surface area (Å²) in [7, 11) is -11.5. The zero-order chi connectivity index (χ0) is 52.0. The summed E-state index contributed by atoms with van der Waals surface area (Å²) in [5.74, 6) is -4.81. The number of hydrogen-bond donors (Lipinski definition) is 10. The van der Waals surface area contributed by atoms with E-state index in [4.69, 9.17) is 23.0 Å². The molecule has 13 atom stereocenters. The van der Waals surface area contributed by atoms with Crippen molar-refractivity contribution < 1.29 is 92.2 Å². The van der Waals surface area contributed by atoms with E-state index in [2.05, 4.69) is 55.5 Å². The second-order valence-corrected chi connectivity index (χ2v) is 20.4. The molecule has 1 heterocycles. The number of unbranched alkanes of at least 4 members (excludes halogenated alkanes) is 8. The molecular formula is C49H82O19P2. The van der Waals surface area contributed by atoms with Crippen LogP contribution in [0.3, 0.4) is 0 Å². The molecule has 19 nitrogen and oxygen atoms in total. The maximum absolute atomic E-state index is 13.7. The number of aliphatic hydroxyl groups excluding tert-OH is 7. The van der Waals surface area contributed by atoms with Gasteiger partial charge in [0.1, 0.15) is 31.0 Å². The molecule has 10 N–H and O–H groups in total. The molecule has 0 aromatic heterocycles. The number of aliphatic hydroxyl groups is 7. The van der Waals surface area contributed by atoms with E-state index in [1.54, 1.807) is 0 Å². The van der Waals surface area contributed by atoms with Gasteiger partial charge in [-0.25, -0.2) is 9.13 Å². The van der Waals surface area contributed by atoms with Crippen molar-refractivity contribution in [2.75, 3.05) is 13.2 Å². The maximum atomic E-state index is 13.7. The Morgan fingerprint density at radius 3 is 2.00 bits per heavy atom. The van der Waals surface area contributed by atoms with Crippen LogP contribution in [-0.4, -0.2) is 137 Å². The molecule has 0 saturated heterocycles. The van der Waals surface area contributed by atoms with Crippen LogP contribution in [0.4, 0.5) is 0 Å². The van der Waals surface area contributed by atoms with Gasteiger partial charge in [-0.2, -0.15) is 0 Å². The maximum Gasteiger partial charge on any atom is 0.472 e. The van der Waals surface area contributed by atoms with Crippen LogP contribution in [0.1, 0.15) is 136 Å². The fourth-order valence-corrected chi connectivity index (χ4v) is 9.39. The molecule has 1 aliphatic heterocycles. The number of fused-ring (bicyclic) bond motifs is 4. The first-order valence-corrected chi connectivity index (χ1v) is 27.8.